The quantitative estimate of drug-likeness (QED) is 0.318. The van der Waals surface area contributed by atoms with E-state index >= 15 is 0 Å². The molecular weight excluding hydrogens is 434 g/mol. The second-order valence-corrected chi connectivity index (χ2v) is 8.05. The molecule has 0 amide bonds. The molecule has 3 aromatic carbocycles. The molecule has 166 valence electrons. The third kappa shape index (κ3) is 4.12. The van der Waals surface area contributed by atoms with Crippen LogP contribution in [0.15, 0.2) is 103 Å². The first-order valence-electron chi connectivity index (χ1n) is 11.1. The molecule has 3 heterocycles. The van der Waals surface area contributed by atoms with Crippen LogP contribution in [-0.4, -0.2) is 19.6 Å². The zero-order valence-corrected chi connectivity index (χ0v) is 18.6. The average Bonchev–Trinajstić information content (AvgIpc) is 3.33. The number of nitriles is 1. The summed E-state index contributed by atoms with van der Waals surface area (Å²) >= 11 is 0. The van der Waals surface area contributed by atoms with Crippen LogP contribution < -0.4 is 10.6 Å². The predicted molar refractivity (Wildman–Crippen MR) is 138 cm³/mol. The molecule has 7 nitrogen and oxygen atoms in total. The third-order valence-corrected chi connectivity index (χ3v) is 5.67. The normalized spacial score (nSPS) is 10.8. The molecule has 0 aliphatic heterocycles. The lowest BCUT2D eigenvalue weighted by Gasteiger charge is -2.09. The number of hydrogen-bond acceptors (Lipinski definition) is 6. The van der Waals surface area contributed by atoms with Crippen molar-refractivity contribution in [1.29, 1.82) is 5.26 Å². The molecule has 0 unspecified atom stereocenters. The van der Waals surface area contributed by atoms with Crippen molar-refractivity contribution in [2.75, 3.05) is 10.6 Å². The smallest absolute Gasteiger partial charge is 0.182 e. The molecule has 0 fully saturated rings. The first-order valence-corrected chi connectivity index (χ1v) is 11.1. The van der Waals surface area contributed by atoms with E-state index in [1.807, 2.05) is 91.1 Å². The molecule has 0 saturated heterocycles. The van der Waals surface area contributed by atoms with E-state index in [-0.39, 0.29) is 0 Å². The maximum absolute atomic E-state index is 9.27. The SMILES string of the molecule is N#Cc1ccc2nccc(Nc3ccn4nc(-c5cccc(Nc6ccccc6)c5)nc4c3)c2c1. The van der Waals surface area contributed by atoms with Gasteiger partial charge in [-0.25, -0.2) is 9.50 Å². The van der Waals surface area contributed by atoms with Crippen LogP contribution in [0, 0.1) is 11.3 Å². The minimum Gasteiger partial charge on any atom is -0.356 e. The van der Waals surface area contributed by atoms with E-state index < -0.39 is 0 Å². The van der Waals surface area contributed by atoms with Crippen molar-refractivity contribution in [3.63, 3.8) is 0 Å². The monoisotopic (exact) mass is 453 g/mol. The van der Waals surface area contributed by atoms with Gasteiger partial charge in [-0.1, -0.05) is 30.3 Å². The first kappa shape index (κ1) is 20.4. The highest BCUT2D eigenvalue weighted by molar-refractivity contribution is 5.93. The molecule has 0 bridgehead atoms. The van der Waals surface area contributed by atoms with Crippen LogP contribution in [0.25, 0.3) is 27.9 Å². The molecule has 7 heteroatoms. The van der Waals surface area contributed by atoms with Gasteiger partial charge in [-0.3, -0.25) is 4.98 Å². The number of fused-ring (bicyclic) bond motifs is 2. The van der Waals surface area contributed by atoms with E-state index in [1.54, 1.807) is 16.8 Å². The van der Waals surface area contributed by atoms with Gasteiger partial charge in [0.25, 0.3) is 0 Å². The summed E-state index contributed by atoms with van der Waals surface area (Å²) in [6, 6.07) is 31.5. The van der Waals surface area contributed by atoms with Crippen LogP contribution >= 0.6 is 0 Å². The first-order chi connectivity index (χ1) is 17.2. The highest BCUT2D eigenvalue weighted by Crippen LogP contribution is 2.27. The fourth-order valence-electron chi connectivity index (χ4n) is 3.99. The standard InChI is InChI=1S/C28H19N7/c29-18-19-9-10-25-24(15-19)26(11-13-30-25)32-23-12-14-35-27(17-23)33-28(34-35)20-5-4-8-22(16-20)31-21-6-2-1-3-7-21/h1-17,31H,(H,30,32). The lowest BCUT2D eigenvalue weighted by Crippen LogP contribution is -1.95. The lowest BCUT2D eigenvalue weighted by molar-refractivity contribution is 0.966. The molecule has 3 aromatic heterocycles. The topological polar surface area (TPSA) is 90.9 Å². The van der Waals surface area contributed by atoms with Gasteiger partial charge >= 0.3 is 0 Å². The van der Waals surface area contributed by atoms with Crippen LogP contribution in [0.5, 0.6) is 0 Å². The van der Waals surface area contributed by atoms with Crippen LogP contribution in [0.4, 0.5) is 22.7 Å². The number of pyridine rings is 2. The van der Waals surface area contributed by atoms with Gasteiger partial charge in [0, 0.05) is 52.2 Å². The van der Waals surface area contributed by atoms with Gasteiger partial charge < -0.3 is 10.6 Å². The Kier molecular flexibility index (Phi) is 5.02. The Morgan fingerprint density at radius 2 is 1.63 bits per heavy atom. The molecule has 0 saturated carbocycles. The van der Waals surface area contributed by atoms with Crippen molar-refractivity contribution in [1.82, 2.24) is 19.6 Å². The van der Waals surface area contributed by atoms with Gasteiger partial charge in [0.2, 0.25) is 0 Å². The Labute approximate surface area is 201 Å². The molecule has 0 aliphatic carbocycles. The maximum Gasteiger partial charge on any atom is 0.182 e. The van der Waals surface area contributed by atoms with Crippen molar-refractivity contribution in [3.8, 4) is 17.5 Å². The second kappa shape index (κ2) is 8.61. The minimum absolute atomic E-state index is 0.593. The van der Waals surface area contributed by atoms with E-state index in [9.17, 15) is 5.26 Å². The number of nitrogens with zero attached hydrogens (tertiary/aromatic N) is 5. The van der Waals surface area contributed by atoms with Gasteiger partial charge in [-0.05, 0) is 54.6 Å². The van der Waals surface area contributed by atoms with Crippen LogP contribution in [0.3, 0.4) is 0 Å². The van der Waals surface area contributed by atoms with Crippen LogP contribution in [-0.2, 0) is 0 Å². The Morgan fingerprint density at radius 3 is 2.51 bits per heavy atom. The van der Waals surface area contributed by atoms with Crippen molar-refractivity contribution < 1.29 is 0 Å². The largest absolute Gasteiger partial charge is 0.356 e. The summed E-state index contributed by atoms with van der Waals surface area (Å²) in [5, 5.41) is 21.7. The molecule has 0 atom stereocenters. The number of aromatic nitrogens is 4. The van der Waals surface area contributed by atoms with Gasteiger partial charge in [-0.15, -0.1) is 5.10 Å². The van der Waals surface area contributed by atoms with Gasteiger partial charge in [0.05, 0.1) is 17.1 Å². The number of para-hydroxylation sites is 1. The fourth-order valence-corrected chi connectivity index (χ4v) is 3.99. The summed E-state index contributed by atoms with van der Waals surface area (Å²) in [5.74, 6) is 0.645. The van der Waals surface area contributed by atoms with Crippen molar-refractivity contribution in [2.45, 2.75) is 0 Å². The summed E-state index contributed by atoms with van der Waals surface area (Å²) in [4.78, 5) is 9.15. The zero-order valence-electron chi connectivity index (χ0n) is 18.6. The van der Waals surface area contributed by atoms with Gasteiger partial charge in [0.15, 0.2) is 11.5 Å². The third-order valence-electron chi connectivity index (χ3n) is 5.67. The Hall–Kier alpha value is -5.22. The molecule has 6 rings (SSSR count). The molecule has 0 radical (unpaired) electrons. The number of hydrogen-bond donors (Lipinski definition) is 2. The highest BCUT2D eigenvalue weighted by Gasteiger charge is 2.09. The molecule has 35 heavy (non-hydrogen) atoms. The molecular formula is C28H19N7. The van der Waals surface area contributed by atoms with E-state index in [2.05, 4.69) is 26.8 Å². The van der Waals surface area contributed by atoms with Crippen molar-refractivity contribution >= 4 is 39.3 Å². The average molecular weight is 454 g/mol. The number of benzene rings is 3. The van der Waals surface area contributed by atoms with Crippen LogP contribution in [0.2, 0.25) is 0 Å². The summed E-state index contributed by atoms with van der Waals surface area (Å²) in [6.07, 6.45) is 3.63. The lowest BCUT2D eigenvalue weighted by atomic mass is 10.1. The molecule has 6 aromatic rings. The zero-order chi connectivity index (χ0) is 23.6. The molecule has 0 aliphatic rings. The highest BCUT2D eigenvalue weighted by atomic mass is 15.3. The van der Waals surface area contributed by atoms with Crippen molar-refractivity contribution in [2.24, 2.45) is 0 Å². The predicted octanol–water partition coefficient (Wildman–Crippen LogP) is 6.30. The van der Waals surface area contributed by atoms with Gasteiger partial charge in [-0.2, -0.15) is 5.26 Å². The summed E-state index contributed by atoms with van der Waals surface area (Å²) in [7, 11) is 0. The Morgan fingerprint density at radius 1 is 0.771 bits per heavy atom. The Balaban J connectivity index is 1.30. The van der Waals surface area contributed by atoms with E-state index in [4.69, 9.17) is 4.98 Å². The van der Waals surface area contributed by atoms with Gasteiger partial charge in [0.1, 0.15) is 0 Å². The number of anilines is 4. The minimum atomic E-state index is 0.593. The van der Waals surface area contributed by atoms with Crippen molar-refractivity contribution in [3.05, 3.63) is 109 Å². The van der Waals surface area contributed by atoms with Crippen LogP contribution in [0.1, 0.15) is 5.56 Å². The van der Waals surface area contributed by atoms with E-state index in [0.717, 1.165) is 44.9 Å². The summed E-state index contributed by atoms with van der Waals surface area (Å²) in [5.41, 5.74) is 6.79. The molecule has 2 N–H and O–H groups in total. The van der Waals surface area contributed by atoms with E-state index in [0.29, 0.717) is 11.4 Å². The fraction of sp³-hybridized carbons (Fsp3) is 0. The maximum atomic E-state index is 9.27. The summed E-state index contributed by atoms with van der Waals surface area (Å²) < 4.78 is 1.76. The Bertz CT molecular complexity index is 1720. The number of nitrogens with one attached hydrogen (secondary N) is 2. The summed E-state index contributed by atoms with van der Waals surface area (Å²) in [6.45, 7) is 0. The second-order valence-electron chi connectivity index (χ2n) is 8.05. The van der Waals surface area contributed by atoms with E-state index in [1.165, 1.54) is 0 Å². The number of rotatable bonds is 5. The molecule has 0 spiro atoms.